The Morgan fingerprint density at radius 2 is 2.25 bits per heavy atom. The first-order valence-corrected chi connectivity index (χ1v) is 7.42. The van der Waals surface area contributed by atoms with E-state index in [0.29, 0.717) is 12.5 Å². The normalized spacial score (nSPS) is 27.1. The van der Waals surface area contributed by atoms with E-state index in [1.165, 1.54) is 0 Å². The van der Waals surface area contributed by atoms with Gasteiger partial charge < -0.3 is 5.32 Å². The molecule has 2 atom stereocenters. The predicted octanol–water partition coefficient (Wildman–Crippen LogP) is 3.04. The molecule has 4 heteroatoms. The molecule has 1 fully saturated rings. The van der Waals surface area contributed by atoms with E-state index in [0.717, 1.165) is 25.0 Å². The van der Waals surface area contributed by atoms with Crippen LogP contribution in [0.2, 0.25) is 0 Å². The molecule has 2 unspecified atom stereocenters. The fourth-order valence-electron chi connectivity index (χ4n) is 1.94. The van der Waals surface area contributed by atoms with Gasteiger partial charge in [-0.25, -0.2) is 0 Å². The van der Waals surface area contributed by atoms with Crippen molar-refractivity contribution in [3.05, 3.63) is 0 Å². The monoisotopic (exact) mass is 263 g/mol. The first-order chi connectivity index (χ1) is 7.44. The maximum atomic E-state index is 12.0. The number of halogens is 1. The highest BCUT2D eigenvalue weighted by molar-refractivity contribution is 8.01. The van der Waals surface area contributed by atoms with E-state index in [9.17, 15) is 4.79 Å². The minimum atomic E-state index is -0.214. The lowest BCUT2D eigenvalue weighted by molar-refractivity contribution is -0.123. The van der Waals surface area contributed by atoms with Gasteiger partial charge >= 0.3 is 0 Å². The number of nitrogens with one attached hydrogen (secondary N) is 1. The van der Waals surface area contributed by atoms with E-state index in [-0.39, 0.29) is 16.0 Å². The third kappa shape index (κ3) is 4.17. The Labute approximate surface area is 108 Å². The Morgan fingerprint density at radius 3 is 2.75 bits per heavy atom. The SMILES string of the molecule is CC(C)CC(Cl)CNC(=O)C1(C)CCCS1. The third-order valence-corrected chi connectivity index (χ3v) is 4.76. The molecule has 1 N–H and O–H groups in total. The summed E-state index contributed by atoms with van der Waals surface area (Å²) in [5.74, 6) is 1.83. The minimum absolute atomic E-state index is 0.0546. The minimum Gasteiger partial charge on any atom is -0.353 e. The summed E-state index contributed by atoms with van der Waals surface area (Å²) in [6.45, 7) is 6.91. The van der Waals surface area contributed by atoms with E-state index in [4.69, 9.17) is 11.6 Å². The van der Waals surface area contributed by atoms with Gasteiger partial charge in [-0.3, -0.25) is 4.79 Å². The Kier molecular flexibility index (Phi) is 5.45. The highest BCUT2D eigenvalue weighted by Gasteiger charge is 2.37. The van der Waals surface area contributed by atoms with Crippen molar-refractivity contribution in [3.8, 4) is 0 Å². The molecule has 2 nitrogen and oxygen atoms in total. The van der Waals surface area contributed by atoms with Crippen molar-refractivity contribution in [2.75, 3.05) is 12.3 Å². The number of alkyl halides is 1. The van der Waals surface area contributed by atoms with Crippen LogP contribution in [0.15, 0.2) is 0 Å². The van der Waals surface area contributed by atoms with Crippen LogP contribution in [0.5, 0.6) is 0 Å². The van der Waals surface area contributed by atoms with Crippen LogP contribution in [0.25, 0.3) is 0 Å². The molecule has 0 radical (unpaired) electrons. The molecule has 1 rings (SSSR count). The van der Waals surface area contributed by atoms with Gasteiger partial charge in [0.25, 0.3) is 0 Å². The van der Waals surface area contributed by atoms with Crippen molar-refractivity contribution < 1.29 is 4.79 Å². The Morgan fingerprint density at radius 1 is 1.56 bits per heavy atom. The van der Waals surface area contributed by atoms with E-state index in [1.807, 2.05) is 6.92 Å². The lowest BCUT2D eigenvalue weighted by Crippen LogP contribution is -2.42. The van der Waals surface area contributed by atoms with Crippen LogP contribution >= 0.6 is 23.4 Å². The van der Waals surface area contributed by atoms with E-state index < -0.39 is 0 Å². The first kappa shape index (κ1) is 14.2. The second kappa shape index (κ2) is 6.15. The molecule has 1 amide bonds. The lowest BCUT2D eigenvalue weighted by Gasteiger charge is -2.22. The molecule has 0 aromatic rings. The summed E-state index contributed by atoms with van der Waals surface area (Å²) in [5, 5.41) is 3.03. The molecular formula is C12H22ClNOS. The summed E-state index contributed by atoms with van der Waals surface area (Å²) >= 11 is 7.91. The largest absolute Gasteiger partial charge is 0.353 e. The fraction of sp³-hybridized carbons (Fsp3) is 0.917. The quantitative estimate of drug-likeness (QED) is 0.773. The number of carbonyl (C=O) groups is 1. The highest BCUT2D eigenvalue weighted by atomic mass is 35.5. The fourth-order valence-corrected chi connectivity index (χ4v) is 3.61. The second-order valence-corrected chi connectivity index (χ2v) is 7.33. The smallest absolute Gasteiger partial charge is 0.235 e. The maximum absolute atomic E-state index is 12.0. The van der Waals surface area contributed by atoms with Crippen molar-refractivity contribution in [2.45, 2.75) is 50.2 Å². The summed E-state index contributed by atoms with van der Waals surface area (Å²) < 4.78 is -0.214. The van der Waals surface area contributed by atoms with Crippen LogP contribution in [0.1, 0.15) is 40.0 Å². The Bertz CT molecular complexity index is 239. The summed E-state index contributed by atoms with van der Waals surface area (Å²) in [7, 11) is 0. The molecule has 0 spiro atoms. The van der Waals surface area contributed by atoms with Gasteiger partial charge in [-0.2, -0.15) is 0 Å². The van der Waals surface area contributed by atoms with Crippen molar-refractivity contribution in [1.82, 2.24) is 5.32 Å². The molecule has 1 aliphatic heterocycles. The van der Waals surface area contributed by atoms with Crippen LogP contribution in [0, 0.1) is 5.92 Å². The van der Waals surface area contributed by atoms with Gasteiger partial charge in [0, 0.05) is 6.54 Å². The summed E-state index contributed by atoms with van der Waals surface area (Å²) in [6.07, 6.45) is 3.08. The summed E-state index contributed by atoms with van der Waals surface area (Å²) in [4.78, 5) is 12.0. The highest BCUT2D eigenvalue weighted by Crippen LogP contribution is 2.37. The zero-order valence-corrected chi connectivity index (χ0v) is 12.0. The molecule has 16 heavy (non-hydrogen) atoms. The first-order valence-electron chi connectivity index (χ1n) is 6.00. The van der Waals surface area contributed by atoms with Gasteiger partial charge in [0.15, 0.2) is 0 Å². The predicted molar refractivity (Wildman–Crippen MR) is 72.2 cm³/mol. The molecule has 1 heterocycles. The Balaban J connectivity index is 2.29. The number of thioether (sulfide) groups is 1. The van der Waals surface area contributed by atoms with Gasteiger partial charge in [0.2, 0.25) is 5.91 Å². The topological polar surface area (TPSA) is 29.1 Å². The van der Waals surface area contributed by atoms with Crippen molar-refractivity contribution in [1.29, 1.82) is 0 Å². The van der Waals surface area contributed by atoms with Crippen LogP contribution in [-0.2, 0) is 4.79 Å². The molecule has 0 aromatic heterocycles. The van der Waals surface area contributed by atoms with Crippen LogP contribution in [0.4, 0.5) is 0 Å². The zero-order valence-electron chi connectivity index (χ0n) is 10.4. The van der Waals surface area contributed by atoms with E-state index in [1.54, 1.807) is 11.8 Å². The molecule has 0 aliphatic carbocycles. The molecule has 1 aliphatic rings. The van der Waals surface area contributed by atoms with Gasteiger partial charge in [-0.05, 0) is 37.9 Å². The lowest BCUT2D eigenvalue weighted by atomic mass is 10.0. The van der Waals surface area contributed by atoms with E-state index >= 15 is 0 Å². The van der Waals surface area contributed by atoms with E-state index in [2.05, 4.69) is 19.2 Å². The van der Waals surface area contributed by atoms with Gasteiger partial charge in [0.05, 0.1) is 10.1 Å². The second-order valence-electron chi connectivity index (χ2n) is 5.12. The van der Waals surface area contributed by atoms with Gasteiger partial charge in [-0.1, -0.05) is 13.8 Å². The third-order valence-electron chi connectivity index (χ3n) is 2.91. The number of hydrogen-bond donors (Lipinski definition) is 1. The number of carbonyl (C=O) groups excluding carboxylic acids is 1. The number of amides is 1. The summed E-state index contributed by atoms with van der Waals surface area (Å²) in [6, 6.07) is 0. The molecule has 1 saturated heterocycles. The molecule has 0 aromatic carbocycles. The number of hydrogen-bond acceptors (Lipinski definition) is 2. The van der Waals surface area contributed by atoms with Crippen LogP contribution in [-0.4, -0.2) is 28.3 Å². The van der Waals surface area contributed by atoms with Crippen molar-refractivity contribution in [2.24, 2.45) is 5.92 Å². The van der Waals surface area contributed by atoms with Crippen molar-refractivity contribution in [3.63, 3.8) is 0 Å². The molecule has 0 bridgehead atoms. The number of rotatable bonds is 5. The average Bonchev–Trinajstić information content (AvgIpc) is 2.62. The average molecular weight is 264 g/mol. The molecule has 94 valence electrons. The van der Waals surface area contributed by atoms with Crippen LogP contribution < -0.4 is 5.32 Å². The standard InChI is InChI=1S/C12H22ClNOS/c1-9(2)7-10(13)8-14-11(15)12(3)5-4-6-16-12/h9-10H,4-8H2,1-3H3,(H,14,15). The van der Waals surface area contributed by atoms with Gasteiger partial charge in [-0.15, -0.1) is 23.4 Å². The molecular weight excluding hydrogens is 242 g/mol. The summed E-state index contributed by atoms with van der Waals surface area (Å²) in [5.41, 5.74) is 0. The van der Waals surface area contributed by atoms with Crippen LogP contribution in [0.3, 0.4) is 0 Å². The van der Waals surface area contributed by atoms with Gasteiger partial charge in [0.1, 0.15) is 0 Å². The Hall–Kier alpha value is 0.110. The maximum Gasteiger partial charge on any atom is 0.235 e. The van der Waals surface area contributed by atoms with Crippen molar-refractivity contribution >= 4 is 29.3 Å². The molecule has 0 saturated carbocycles. The zero-order chi connectivity index (χ0) is 12.2.